The van der Waals surface area contributed by atoms with Crippen LogP contribution >= 0.6 is 0 Å². The highest BCUT2D eigenvalue weighted by Gasteiger charge is 2.25. The molecule has 6 heteroatoms. The van der Waals surface area contributed by atoms with Gasteiger partial charge in [-0.3, -0.25) is 9.59 Å². The van der Waals surface area contributed by atoms with E-state index < -0.39 is 0 Å². The van der Waals surface area contributed by atoms with E-state index in [-0.39, 0.29) is 24.5 Å². The fraction of sp³-hybridized carbons (Fsp3) is 0.333. The average molecular weight is 366 g/mol. The molecule has 27 heavy (non-hydrogen) atoms. The first-order valence-corrected chi connectivity index (χ1v) is 9.21. The van der Waals surface area contributed by atoms with Crippen molar-refractivity contribution >= 4 is 17.5 Å². The van der Waals surface area contributed by atoms with Crippen molar-refractivity contribution in [1.29, 1.82) is 0 Å². The Morgan fingerprint density at radius 2 is 1.96 bits per heavy atom. The molecule has 0 spiro atoms. The summed E-state index contributed by atoms with van der Waals surface area (Å²) in [7, 11) is 0. The summed E-state index contributed by atoms with van der Waals surface area (Å²) >= 11 is 0. The predicted molar refractivity (Wildman–Crippen MR) is 101 cm³/mol. The largest absolute Gasteiger partial charge is 0.482 e. The number of carbonyl (C=O) groups excluding carboxylic acids is 2. The van der Waals surface area contributed by atoms with Crippen molar-refractivity contribution in [3.63, 3.8) is 0 Å². The summed E-state index contributed by atoms with van der Waals surface area (Å²) in [5.41, 5.74) is 2.33. The first-order chi connectivity index (χ1) is 13.2. The maximum atomic E-state index is 12.3. The summed E-state index contributed by atoms with van der Waals surface area (Å²) in [6.07, 6.45) is 2.17. The van der Waals surface area contributed by atoms with Gasteiger partial charge in [-0.15, -0.1) is 0 Å². The van der Waals surface area contributed by atoms with Crippen molar-refractivity contribution in [3.8, 4) is 5.75 Å². The number of hydrogen-bond donors (Lipinski definition) is 1. The molecule has 1 fully saturated rings. The summed E-state index contributed by atoms with van der Waals surface area (Å²) in [4.78, 5) is 26.3. The van der Waals surface area contributed by atoms with Crippen molar-refractivity contribution in [1.82, 2.24) is 5.32 Å². The molecule has 0 aliphatic carbocycles. The molecule has 0 saturated carbocycles. The first kappa shape index (κ1) is 17.5. The van der Waals surface area contributed by atoms with Gasteiger partial charge >= 0.3 is 0 Å². The Kier molecular flexibility index (Phi) is 5.07. The Hall–Kier alpha value is -2.86. The number of para-hydroxylation sites is 2. The first-order valence-electron chi connectivity index (χ1n) is 9.21. The minimum absolute atomic E-state index is 0.0424. The Balaban J connectivity index is 1.40. The third-order valence-corrected chi connectivity index (χ3v) is 4.88. The number of fused-ring (bicyclic) bond motifs is 1. The van der Waals surface area contributed by atoms with Crippen LogP contribution in [0.3, 0.4) is 0 Å². The van der Waals surface area contributed by atoms with E-state index in [0.717, 1.165) is 30.7 Å². The van der Waals surface area contributed by atoms with E-state index in [1.54, 1.807) is 17.0 Å². The quantitative estimate of drug-likeness (QED) is 0.883. The van der Waals surface area contributed by atoms with Gasteiger partial charge in [-0.05, 0) is 42.7 Å². The third kappa shape index (κ3) is 3.95. The molecule has 1 atom stereocenters. The second-order valence-corrected chi connectivity index (χ2v) is 6.78. The second kappa shape index (κ2) is 7.80. The zero-order valence-corrected chi connectivity index (χ0v) is 15.0. The zero-order chi connectivity index (χ0) is 18.6. The van der Waals surface area contributed by atoms with Gasteiger partial charge in [-0.1, -0.05) is 24.3 Å². The Labute approximate surface area is 158 Å². The zero-order valence-electron chi connectivity index (χ0n) is 15.0. The van der Waals surface area contributed by atoms with E-state index in [1.165, 1.54) is 0 Å². The smallest absolute Gasteiger partial charge is 0.265 e. The fourth-order valence-corrected chi connectivity index (χ4v) is 3.39. The van der Waals surface area contributed by atoms with E-state index in [2.05, 4.69) is 5.32 Å². The van der Waals surface area contributed by atoms with Crippen molar-refractivity contribution in [2.24, 2.45) is 0 Å². The van der Waals surface area contributed by atoms with Gasteiger partial charge in [-0.2, -0.15) is 0 Å². The normalized spacial score (nSPS) is 18.7. The van der Waals surface area contributed by atoms with Gasteiger partial charge in [0.25, 0.3) is 11.8 Å². The van der Waals surface area contributed by atoms with Crippen LogP contribution in [-0.4, -0.2) is 37.7 Å². The molecule has 0 bridgehead atoms. The molecule has 2 aromatic carbocycles. The molecular weight excluding hydrogens is 344 g/mol. The lowest BCUT2D eigenvalue weighted by Crippen LogP contribution is -2.38. The molecule has 6 nitrogen and oxygen atoms in total. The van der Waals surface area contributed by atoms with Crippen LogP contribution in [0.5, 0.6) is 5.75 Å². The summed E-state index contributed by atoms with van der Waals surface area (Å²) in [6, 6.07) is 14.8. The molecule has 1 saturated heterocycles. The van der Waals surface area contributed by atoms with Gasteiger partial charge < -0.3 is 19.7 Å². The van der Waals surface area contributed by atoms with Gasteiger partial charge in [-0.25, -0.2) is 0 Å². The molecule has 2 aromatic rings. The molecule has 2 aliphatic heterocycles. The van der Waals surface area contributed by atoms with Crippen molar-refractivity contribution in [3.05, 3.63) is 59.7 Å². The van der Waals surface area contributed by atoms with Gasteiger partial charge in [0.15, 0.2) is 6.61 Å². The van der Waals surface area contributed by atoms with Crippen LogP contribution in [0, 0.1) is 0 Å². The molecule has 140 valence electrons. The molecule has 2 amide bonds. The standard InChI is InChI=1S/C21H22N2O4/c24-20-14-27-19-6-2-1-5-18(19)23(20)13-15-7-9-16(10-8-15)21(25)22-12-17-4-3-11-26-17/h1-2,5-10,17H,3-4,11-14H2,(H,22,25). The number of carbonyl (C=O) groups is 2. The van der Waals surface area contributed by atoms with Crippen LogP contribution in [0.1, 0.15) is 28.8 Å². The summed E-state index contributed by atoms with van der Waals surface area (Å²) in [5, 5.41) is 2.92. The number of nitrogens with zero attached hydrogens (tertiary/aromatic N) is 1. The summed E-state index contributed by atoms with van der Waals surface area (Å²) < 4.78 is 11.0. The molecule has 2 aliphatic rings. The number of rotatable bonds is 5. The van der Waals surface area contributed by atoms with E-state index in [1.807, 2.05) is 36.4 Å². The van der Waals surface area contributed by atoms with Crippen molar-refractivity contribution in [2.45, 2.75) is 25.5 Å². The lowest BCUT2D eigenvalue weighted by atomic mass is 10.1. The van der Waals surface area contributed by atoms with Crippen molar-refractivity contribution in [2.75, 3.05) is 24.7 Å². The van der Waals surface area contributed by atoms with Crippen LogP contribution in [0.4, 0.5) is 5.69 Å². The number of amides is 2. The minimum Gasteiger partial charge on any atom is -0.482 e. The van der Waals surface area contributed by atoms with Crippen LogP contribution in [0.25, 0.3) is 0 Å². The maximum Gasteiger partial charge on any atom is 0.265 e. The number of anilines is 1. The highest BCUT2D eigenvalue weighted by Crippen LogP contribution is 2.32. The van der Waals surface area contributed by atoms with Gasteiger partial charge in [0, 0.05) is 18.7 Å². The fourth-order valence-electron chi connectivity index (χ4n) is 3.39. The van der Waals surface area contributed by atoms with Crippen LogP contribution in [0.2, 0.25) is 0 Å². The Bertz CT molecular complexity index is 828. The van der Waals surface area contributed by atoms with E-state index in [4.69, 9.17) is 9.47 Å². The lowest BCUT2D eigenvalue weighted by Gasteiger charge is -2.29. The molecule has 4 rings (SSSR count). The summed E-state index contributed by atoms with van der Waals surface area (Å²) in [6.45, 7) is 1.80. The number of nitrogens with one attached hydrogen (secondary N) is 1. The molecule has 1 unspecified atom stereocenters. The van der Waals surface area contributed by atoms with Crippen LogP contribution in [-0.2, 0) is 16.1 Å². The van der Waals surface area contributed by atoms with Gasteiger partial charge in [0.1, 0.15) is 5.75 Å². The highest BCUT2D eigenvalue weighted by atomic mass is 16.5. The van der Waals surface area contributed by atoms with Gasteiger partial charge in [0.2, 0.25) is 0 Å². The number of hydrogen-bond acceptors (Lipinski definition) is 4. The Morgan fingerprint density at radius 3 is 2.74 bits per heavy atom. The SMILES string of the molecule is O=C(NCC1CCCO1)c1ccc(CN2C(=O)COc3ccccc32)cc1. The summed E-state index contributed by atoms with van der Waals surface area (Å²) in [5.74, 6) is 0.527. The minimum atomic E-state index is -0.107. The average Bonchev–Trinajstić information content (AvgIpc) is 3.22. The molecule has 2 heterocycles. The van der Waals surface area contributed by atoms with E-state index in [9.17, 15) is 9.59 Å². The Morgan fingerprint density at radius 1 is 1.15 bits per heavy atom. The van der Waals surface area contributed by atoms with E-state index in [0.29, 0.717) is 24.4 Å². The van der Waals surface area contributed by atoms with Crippen LogP contribution in [0.15, 0.2) is 48.5 Å². The molecule has 1 N–H and O–H groups in total. The monoisotopic (exact) mass is 366 g/mol. The molecular formula is C21H22N2O4. The maximum absolute atomic E-state index is 12.3. The van der Waals surface area contributed by atoms with Crippen LogP contribution < -0.4 is 15.0 Å². The predicted octanol–water partition coefficient (Wildman–Crippen LogP) is 2.52. The lowest BCUT2D eigenvalue weighted by molar-refractivity contribution is -0.121. The third-order valence-electron chi connectivity index (χ3n) is 4.88. The van der Waals surface area contributed by atoms with Gasteiger partial charge in [0.05, 0.1) is 18.3 Å². The molecule has 0 radical (unpaired) electrons. The second-order valence-electron chi connectivity index (χ2n) is 6.78. The topological polar surface area (TPSA) is 67.9 Å². The highest BCUT2D eigenvalue weighted by molar-refractivity contribution is 5.98. The molecule has 0 aromatic heterocycles. The number of ether oxygens (including phenoxy) is 2. The number of benzene rings is 2. The van der Waals surface area contributed by atoms with Crippen molar-refractivity contribution < 1.29 is 19.1 Å². The van der Waals surface area contributed by atoms with E-state index >= 15 is 0 Å².